The SMILES string of the molecule is COC(=O)c1ccc(C(=O)N2CCOCC2)cc1N. The topological polar surface area (TPSA) is 81.9 Å². The Kier molecular flexibility index (Phi) is 4.01. The van der Waals surface area contributed by atoms with E-state index in [4.69, 9.17) is 10.5 Å². The quantitative estimate of drug-likeness (QED) is 0.622. The fraction of sp³-hybridized carbons (Fsp3) is 0.385. The third-order valence-electron chi connectivity index (χ3n) is 3.00. The van der Waals surface area contributed by atoms with Gasteiger partial charge in [0.15, 0.2) is 0 Å². The summed E-state index contributed by atoms with van der Waals surface area (Å²) in [7, 11) is 1.29. The lowest BCUT2D eigenvalue weighted by atomic mass is 10.1. The molecule has 1 aromatic carbocycles. The molecule has 0 bridgehead atoms. The van der Waals surface area contributed by atoms with Gasteiger partial charge in [-0.15, -0.1) is 0 Å². The minimum Gasteiger partial charge on any atom is -0.465 e. The zero-order chi connectivity index (χ0) is 13.8. The van der Waals surface area contributed by atoms with Gasteiger partial charge in [-0.3, -0.25) is 4.79 Å². The fourth-order valence-corrected chi connectivity index (χ4v) is 1.94. The fourth-order valence-electron chi connectivity index (χ4n) is 1.94. The van der Waals surface area contributed by atoms with Crippen LogP contribution in [-0.4, -0.2) is 50.2 Å². The van der Waals surface area contributed by atoms with Crippen LogP contribution >= 0.6 is 0 Å². The van der Waals surface area contributed by atoms with Crippen LogP contribution in [0.3, 0.4) is 0 Å². The molecule has 6 heteroatoms. The summed E-state index contributed by atoms with van der Waals surface area (Å²) in [5, 5.41) is 0. The Balaban J connectivity index is 2.19. The van der Waals surface area contributed by atoms with Crippen molar-refractivity contribution < 1.29 is 19.1 Å². The summed E-state index contributed by atoms with van der Waals surface area (Å²) in [6, 6.07) is 4.60. The number of benzene rings is 1. The van der Waals surface area contributed by atoms with E-state index in [0.29, 0.717) is 31.9 Å². The molecular weight excluding hydrogens is 248 g/mol. The molecule has 6 nitrogen and oxygen atoms in total. The van der Waals surface area contributed by atoms with Crippen LogP contribution in [0.25, 0.3) is 0 Å². The monoisotopic (exact) mass is 264 g/mol. The second-order valence-corrected chi connectivity index (χ2v) is 4.20. The molecule has 0 spiro atoms. The molecule has 0 aromatic heterocycles. The van der Waals surface area contributed by atoms with Crippen molar-refractivity contribution in [3.63, 3.8) is 0 Å². The molecule has 1 amide bonds. The Hall–Kier alpha value is -2.08. The van der Waals surface area contributed by atoms with E-state index in [9.17, 15) is 9.59 Å². The average molecular weight is 264 g/mol. The summed E-state index contributed by atoms with van der Waals surface area (Å²) in [6.07, 6.45) is 0. The van der Waals surface area contributed by atoms with E-state index in [2.05, 4.69) is 4.74 Å². The lowest BCUT2D eigenvalue weighted by molar-refractivity contribution is 0.0303. The summed E-state index contributed by atoms with van der Waals surface area (Å²) in [5.74, 6) is -0.616. The number of nitrogen functional groups attached to an aromatic ring is 1. The minimum absolute atomic E-state index is 0.105. The van der Waals surface area contributed by atoms with Crippen molar-refractivity contribution in [1.29, 1.82) is 0 Å². The summed E-state index contributed by atoms with van der Waals surface area (Å²) in [6.45, 7) is 2.22. The first-order chi connectivity index (χ1) is 9.13. The number of ether oxygens (including phenoxy) is 2. The van der Waals surface area contributed by atoms with E-state index < -0.39 is 5.97 Å². The van der Waals surface area contributed by atoms with Crippen LogP contribution in [0.2, 0.25) is 0 Å². The molecule has 0 atom stereocenters. The van der Waals surface area contributed by atoms with Gasteiger partial charge in [0, 0.05) is 24.3 Å². The standard InChI is InChI=1S/C13H16N2O4/c1-18-13(17)10-3-2-9(8-11(10)14)12(16)15-4-6-19-7-5-15/h2-3,8H,4-7,14H2,1H3. The molecule has 102 valence electrons. The van der Waals surface area contributed by atoms with Gasteiger partial charge >= 0.3 is 5.97 Å². The molecule has 1 aromatic rings. The third-order valence-corrected chi connectivity index (χ3v) is 3.00. The Morgan fingerprint density at radius 3 is 2.58 bits per heavy atom. The van der Waals surface area contributed by atoms with E-state index in [1.54, 1.807) is 11.0 Å². The van der Waals surface area contributed by atoms with Crippen LogP contribution in [0.4, 0.5) is 5.69 Å². The van der Waals surface area contributed by atoms with Gasteiger partial charge in [0.1, 0.15) is 0 Å². The normalized spacial score (nSPS) is 15.1. The molecule has 1 heterocycles. The number of amides is 1. The van der Waals surface area contributed by atoms with Crippen LogP contribution in [0.15, 0.2) is 18.2 Å². The lowest BCUT2D eigenvalue weighted by Gasteiger charge is -2.27. The zero-order valence-corrected chi connectivity index (χ0v) is 10.7. The Morgan fingerprint density at radius 1 is 1.32 bits per heavy atom. The molecule has 0 aliphatic carbocycles. The number of rotatable bonds is 2. The van der Waals surface area contributed by atoms with E-state index in [-0.39, 0.29) is 17.2 Å². The predicted molar refractivity (Wildman–Crippen MR) is 68.9 cm³/mol. The van der Waals surface area contributed by atoms with Gasteiger partial charge in [-0.2, -0.15) is 0 Å². The number of nitrogens with two attached hydrogens (primary N) is 1. The largest absolute Gasteiger partial charge is 0.465 e. The maximum absolute atomic E-state index is 12.2. The molecule has 2 rings (SSSR count). The molecule has 0 saturated carbocycles. The van der Waals surface area contributed by atoms with Crippen LogP contribution in [0, 0.1) is 0 Å². The van der Waals surface area contributed by atoms with E-state index >= 15 is 0 Å². The molecule has 1 saturated heterocycles. The molecule has 1 fully saturated rings. The molecule has 0 radical (unpaired) electrons. The number of hydrogen-bond acceptors (Lipinski definition) is 5. The first-order valence-corrected chi connectivity index (χ1v) is 5.98. The van der Waals surface area contributed by atoms with Gasteiger partial charge in [0.25, 0.3) is 5.91 Å². The van der Waals surface area contributed by atoms with Crippen molar-refractivity contribution in [1.82, 2.24) is 4.90 Å². The number of morpholine rings is 1. The summed E-state index contributed by atoms with van der Waals surface area (Å²) in [5.41, 5.74) is 6.74. The first-order valence-electron chi connectivity index (χ1n) is 5.98. The van der Waals surface area contributed by atoms with Gasteiger partial charge < -0.3 is 20.1 Å². The molecule has 2 N–H and O–H groups in total. The highest BCUT2D eigenvalue weighted by molar-refractivity contribution is 6.00. The summed E-state index contributed by atoms with van der Waals surface area (Å²) < 4.78 is 9.80. The maximum Gasteiger partial charge on any atom is 0.339 e. The van der Waals surface area contributed by atoms with Gasteiger partial charge in [-0.25, -0.2) is 4.79 Å². The van der Waals surface area contributed by atoms with E-state index in [0.717, 1.165) is 0 Å². The van der Waals surface area contributed by atoms with Gasteiger partial charge in [-0.05, 0) is 18.2 Å². The van der Waals surface area contributed by atoms with Crippen LogP contribution < -0.4 is 5.73 Å². The number of anilines is 1. The van der Waals surface area contributed by atoms with Crippen LogP contribution in [-0.2, 0) is 9.47 Å². The number of esters is 1. The summed E-state index contributed by atoms with van der Waals surface area (Å²) >= 11 is 0. The average Bonchev–Trinajstić information content (AvgIpc) is 2.46. The summed E-state index contributed by atoms with van der Waals surface area (Å²) in [4.78, 5) is 25.3. The molecule has 1 aliphatic rings. The Labute approximate surface area is 111 Å². The lowest BCUT2D eigenvalue weighted by Crippen LogP contribution is -2.40. The van der Waals surface area contributed by atoms with E-state index in [1.807, 2.05) is 0 Å². The predicted octanol–water partition coefficient (Wildman–Crippen LogP) is 0.528. The maximum atomic E-state index is 12.2. The number of carbonyl (C=O) groups is 2. The number of nitrogens with zero attached hydrogens (tertiary/aromatic N) is 1. The van der Waals surface area contributed by atoms with Crippen molar-refractivity contribution in [2.24, 2.45) is 0 Å². The van der Waals surface area contributed by atoms with Gasteiger partial charge in [-0.1, -0.05) is 0 Å². The number of hydrogen-bond donors (Lipinski definition) is 1. The molecule has 19 heavy (non-hydrogen) atoms. The molecular formula is C13H16N2O4. The van der Waals surface area contributed by atoms with Crippen LogP contribution in [0.1, 0.15) is 20.7 Å². The minimum atomic E-state index is -0.511. The second-order valence-electron chi connectivity index (χ2n) is 4.20. The molecule has 1 aliphatic heterocycles. The number of carbonyl (C=O) groups excluding carboxylic acids is 2. The van der Waals surface area contributed by atoms with Gasteiger partial charge in [0.05, 0.1) is 25.9 Å². The Bertz CT molecular complexity index is 495. The molecule has 0 unspecified atom stereocenters. The van der Waals surface area contributed by atoms with Crippen molar-refractivity contribution in [3.05, 3.63) is 29.3 Å². The van der Waals surface area contributed by atoms with E-state index in [1.165, 1.54) is 19.2 Å². The van der Waals surface area contributed by atoms with Crippen molar-refractivity contribution in [2.75, 3.05) is 39.1 Å². The van der Waals surface area contributed by atoms with Crippen LogP contribution in [0.5, 0.6) is 0 Å². The Morgan fingerprint density at radius 2 is 2.00 bits per heavy atom. The second kappa shape index (κ2) is 5.71. The third kappa shape index (κ3) is 2.85. The van der Waals surface area contributed by atoms with Crippen molar-refractivity contribution in [3.8, 4) is 0 Å². The first kappa shape index (κ1) is 13.4. The highest BCUT2D eigenvalue weighted by Crippen LogP contribution is 2.17. The van der Waals surface area contributed by atoms with Crippen molar-refractivity contribution >= 4 is 17.6 Å². The highest BCUT2D eigenvalue weighted by atomic mass is 16.5. The zero-order valence-electron chi connectivity index (χ0n) is 10.7. The van der Waals surface area contributed by atoms with Gasteiger partial charge in [0.2, 0.25) is 0 Å². The number of methoxy groups -OCH3 is 1. The van der Waals surface area contributed by atoms with Crippen molar-refractivity contribution in [2.45, 2.75) is 0 Å². The smallest absolute Gasteiger partial charge is 0.339 e. The highest BCUT2D eigenvalue weighted by Gasteiger charge is 2.20.